The molecule has 0 aromatic heterocycles. The molecular formula is C19H26N2O3. The van der Waals surface area contributed by atoms with Gasteiger partial charge in [-0.3, -0.25) is 9.59 Å². The van der Waals surface area contributed by atoms with E-state index in [1.54, 1.807) is 17.0 Å². The van der Waals surface area contributed by atoms with Crippen molar-refractivity contribution in [2.45, 2.75) is 44.6 Å². The zero-order chi connectivity index (χ0) is 17.2. The molecular weight excluding hydrogens is 304 g/mol. The van der Waals surface area contributed by atoms with Gasteiger partial charge in [0.2, 0.25) is 5.91 Å². The summed E-state index contributed by atoms with van der Waals surface area (Å²) < 4.78 is 5.57. The largest absolute Gasteiger partial charge is 0.494 e. The van der Waals surface area contributed by atoms with E-state index >= 15 is 0 Å². The number of carbonyl (C=O) groups is 2. The maximum Gasteiger partial charge on any atom is 0.254 e. The van der Waals surface area contributed by atoms with Crippen molar-refractivity contribution >= 4 is 11.8 Å². The van der Waals surface area contributed by atoms with Gasteiger partial charge >= 0.3 is 0 Å². The van der Waals surface area contributed by atoms with Gasteiger partial charge in [0.05, 0.1) is 6.61 Å². The van der Waals surface area contributed by atoms with Crippen LogP contribution >= 0.6 is 0 Å². The second-order valence-electron chi connectivity index (χ2n) is 6.80. The summed E-state index contributed by atoms with van der Waals surface area (Å²) in [5.41, 5.74) is 0.00252. The first-order valence-electron chi connectivity index (χ1n) is 8.89. The van der Waals surface area contributed by atoms with Gasteiger partial charge in [0.1, 0.15) is 11.3 Å². The molecule has 0 radical (unpaired) electrons. The van der Waals surface area contributed by atoms with Crippen molar-refractivity contribution in [2.24, 2.45) is 0 Å². The molecule has 1 aromatic carbocycles. The number of carbonyl (C=O) groups excluding carboxylic acids is 2. The van der Waals surface area contributed by atoms with Crippen LogP contribution in [0.25, 0.3) is 0 Å². The fourth-order valence-corrected chi connectivity index (χ4v) is 3.90. The zero-order valence-corrected chi connectivity index (χ0v) is 14.6. The minimum Gasteiger partial charge on any atom is -0.494 e. The Hall–Kier alpha value is -2.04. The van der Waals surface area contributed by atoms with E-state index in [1.807, 2.05) is 24.1 Å². The van der Waals surface area contributed by atoms with Crippen molar-refractivity contribution in [3.63, 3.8) is 0 Å². The third kappa shape index (κ3) is 2.87. The first-order chi connectivity index (χ1) is 11.6. The number of likely N-dealkylation sites (N-methyl/N-ethyl adjacent to an activating group) is 1. The lowest BCUT2D eigenvalue weighted by Gasteiger charge is -2.43. The second kappa shape index (κ2) is 6.83. The van der Waals surface area contributed by atoms with Crippen LogP contribution in [-0.4, -0.2) is 53.9 Å². The summed E-state index contributed by atoms with van der Waals surface area (Å²) in [5.74, 6) is 0.832. The fourth-order valence-electron chi connectivity index (χ4n) is 3.90. The molecule has 5 nitrogen and oxygen atoms in total. The normalized spacial score (nSPS) is 23.8. The number of piperidine rings is 1. The molecule has 2 heterocycles. The summed E-state index contributed by atoms with van der Waals surface area (Å²) in [5, 5.41) is 0. The van der Waals surface area contributed by atoms with E-state index in [-0.39, 0.29) is 11.8 Å². The smallest absolute Gasteiger partial charge is 0.254 e. The molecule has 130 valence electrons. The number of ether oxygens (including phenoxy) is 1. The molecule has 0 bridgehead atoms. The van der Waals surface area contributed by atoms with Crippen molar-refractivity contribution in [2.75, 3.05) is 26.7 Å². The highest BCUT2D eigenvalue weighted by Crippen LogP contribution is 2.38. The molecule has 1 unspecified atom stereocenters. The monoisotopic (exact) mass is 330 g/mol. The number of benzene rings is 1. The third-order valence-electron chi connectivity index (χ3n) is 5.14. The van der Waals surface area contributed by atoms with Gasteiger partial charge in [0.15, 0.2) is 0 Å². The molecule has 0 saturated carbocycles. The van der Waals surface area contributed by atoms with Gasteiger partial charge in [-0.1, -0.05) is 6.92 Å². The predicted molar refractivity (Wildman–Crippen MR) is 92.1 cm³/mol. The lowest BCUT2D eigenvalue weighted by Crippen LogP contribution is -2.60. The number of nitrogens with zero attached hydrogens (tertiary/aromatic N) is 2. The van der Waals surface area contributed by atoms with E-state index in [1.165, 1.54) is 0 Å². The van der Waals surface area contributed by atoms with E-state index < -0.39 is 5.54 Å². The standard InChI is InChI=1S/C19H26N2O3/c1-3-14-24-16-8-6-15(7-9-16)17(22)21-13-5-11-19(21)10-4-12-20(2)18(19)23/h6-9H,3-5,10-14H2,1-2H3. The Bertz CT molecular complexity index is 614. The van der Waals surface area contributed by atoms with Crippen LogP contribution in [0.2, 0.25) is 0 Å². The van der Waals surface area contributed by atoms with E-state index in [2.05, 4.69) is 6.92 Å². The highest BCUT2D eigenvalue weighted by molar-refractivity contribution is 6.00. The number of hydrogen-bond donors (Lipinski definition) is 0. The lowest BCUT2D eigenvalue weighted by molar-refractivity contribution is -0.144. The van der Waals surface area contributed by atoms with Crippen LogP contribution in [0.5, 0.6) is 5.75 Å². The summed E-state index contributed by atoms with van der Waals surface area (Å²) in [7, 11) is 1.84. The molecule has 0 N–H and O–H groups in total. The minimum absolute atomic E-state index is 0.0433. The van der Waals surface area contributed by atoms with Crippen molar-refractivity contribution < 1.29 is 14.3 Å². The molecule has 2 fully saturated rings. The summed E-state index contributed by atoms with van der Waals surface area (Å²) in [4.78, 5) is 29.4. The molecule has 2 amide bonds. The summed E-state index contributed by atoms with van der Waals surface area (Å²) in [6.45, 7) is 4.17. The molecule has 24 heavy (non-hydrogen) atoms. The lowest BCUT2D eigenvalue weighted by atomic mass is 9.85. The molecule has 1 atom stereocenters. The van der Waals surface area contributed by atoms with Crippen LogP contribution < -0.4 is 4.74 Å². The van der Waals surface area contributed by atoms with E-state index in [9.17, 15) is 9.59 Å². The van der Waals surface area contributed by atoms with Crippen molar-refractivity contribution in [3.8, 4) is 5.75 Å². The molecule has 2 saturated heterocycles. The summed E-state index contributed by atoms with van der Waals surface area (Å²) in [6.07, 6.45) is 4.35. The van der Waals surface area contributed by atoms with Gasteiger partial charge < -0.3 is 14.5 Å². The first kappa shape index (κ1) is 16.8. The molecule has 0 aliphatic carbocycles. The van der Waals surface area contributed by atoms with Crippen LogP contribution in [0.15, 0.2) is 24.3 Å². The van der Waals surface area contributed by atoms with Crippen molar-refractivity contribution in [3.05, 3.63) is 29.8 Å². The maximum atomic E-state index is 13.0. The highest BCUT2D eigenvalue weighted by atomic mass is 16.5. The topological polar surface area (TPSA) is 49.9 Å². The van der Waals surface area contributed by atoms with Gasteiger partial charge in [-0.2, -0.15) is 0 Å². The average Bonchev–Trinajstić information content (AvgIpc) is 3.02. The Labute approximate surface area is 143 Å². The number of likely N-dealkylation sites (tertiary alicyclic amines) is 2. The number of hydrogen-bond acceptors (Lipinski definition) is 3. The first-order valence-corrected chi connectivity index (χ1v) is 8.89. The number of rotatable bonds is 4. The second-order valence-corrected chi connectivity index (χ2v) is 6.80. The maximum absolute atomic E-state index is 13.0. The minimum atomic E-state index is -0.624. The molecule has 3 rings (SSSR count). The highest BCUT2D eigenvalue weighted by Gasteiger charge is 2.52. The SMILES string of the molecule is CCCOc1ccc(C(=O)N2CCCC23CCCN(C)C3=O)cc1. The van der Waals surface area contributed by atoms with E-state index in [0.29, 0.717) is 18.7 Å². The quantitative estimate of drug-likeness (QED) is 0.853. The molecule has 1 spiro atoms. The molecule has 5 heteroatoms. The molecule has 2 aliphatic rings. The van der Waals surface area contributed by atoms with Crippen LogP contribution in [0.1, 0.15) is 49.4 Å². The summed E-state index contributed by atoms with van der Waals surface area (Å²) in [6, 6.07) is 7.27. The van der Waals surface area contributed by atoms with Crippen molar-refractivity contribution in [1.29, 1.82) is 0 Å². The van der Waals surface area contributed by atoms with Crippen LogP contribution in [0.4, 0.5) is 0 Å². The molecule has 2 aliphatic heterocycles. The molecule has 1 aromatic rings. The van der Waals surface area contributed by atoms with Gasteiger partial charge in [-0.25, -0.2) is 0 Å². The van der Waals surface area contributed by atoms with Crippen LogP contribution in [0, 0.1) is 0 Å². The van der Waals surface area contributed by atoms with Gasteiger partial charge in [0.25, 0.3) is 5.91 Å². The van der Waals surface area contributed by atoms with Crippen molar-refractivity contribution in [1.82, 2.24) is 9.80 Å². The Morgan fingerprint density at radius 2 is 1.83 bits per heavy atom. The average molecular weight is 330 g/mol. The number of amides is 2. The van der Waals surface area contributed by atoms with E-state index in [0.717, 1.165) is 44.4 Å². The van der Waals surface area contributed by atoms with Gasteiger partial charge in [-0.05, 0) is 56.4 Å². The third-order valence-corrected chi connectivity index (χ3v) is 5.14. The van der Waals surface area contributed by atoms with Crippen LogP contribution in [-0.2, 0) is 4.79 Å². The van der Waals surface area contributed by atoms with Gasteiger partial charge in [-0.15, -0.1) is 0 Å². The van der Waals surface area contributed by atoms with Crippen LogP contribution in [0.3, 0.4) is 0 Å². The Morgan fingerprint density at radius 1 is 1.17 bits per heavy atom. The van der Waals surface area contributed by atoms with Gasteiger partial charge in [0, 0.05) is 25.7 Å². The van der Waals surface area contributed by atoms with E-state index in [4.69, 9.17) is 4.74 Å². The Kier molecular flexibility index (Phi) is 4.78. The zero-order valence-electron chi connectivity index (χ0n) is 14.6. The fraction of sp³-hybridized carbons (Fsp3) is 0.579. The summed E-state index contributed by atoms with van der Waals surface area (Å²) >= 11 is 0. The Morgan fingerprint density at radius 3 is 2.50 bits per heavy atom. The Balaban J connectivity index is 1.79. The predicted octanol–water partition coefficient (Wildman–Crippen LogP) is 2.70.